The molecule has 1 aromatic rings. The lowest BCUT2D eigenvalue weighted by Gasteiger charge is -2.25. The number of nitrogens with zero attached hydrogens (tertiary/aromatic N) is 2. The van der Waals surface area contributed by atoms with E-state index in [2.05, 4.69) is 16.8 Å². The van der Waals surface area contributed by atoms with Crippen molar-refractivity contribution in [1.82, 2.24) is 4.98 Å². The van der Waals surface area contributed by atoms with Gasteiger partial charge in [0.05, 0.1) is 17.7 Å². The van der Waals surface area contributed by atoms with Crippen molar-refractivity contribution < 1.29 is 9.84 Å². The maximum Gasteiger partial charge on any atom is 0.147 e. The number of rotatable bonds is 5. The summed E-state index contributed by atoms with van der Waals surface area (Å²) < 4.78 is 5.64. The molecule has 4 nitrogen and oxygen atoms in total. The molecule has 1 aromatic heterocycles. The topological polar surface area (TPSA) is 45.6 Å². The third kappa shape index (κ3) is 3.13. The van der Waals surface area contributed by atoms with Gasteiger partial charge in [0.1, 0.15) is 5.82 Å². The summed E-state index contributed by atoms with van der Waals surface area (Å²) in [6.07, 6.45) is 4.18. The van der Waals surface area contributed by atoms with Gasteiger partial charge in [-0.05, 0) is 31.4 Å². The van der Waals surface area contributed by atoms with Crippen molar-refractivity contribution in [3.63, 3.8) is 0 Å². The molecule has 0 saturated carbocycles. The Morgan fingerprint density at radius 2 is 2.44 bits per heavy atom. The standard InChI is InChI=1S/C13H19ClN2O2/c1-2-16(8-11-4-3-5-18-11)13-12(14)6-10(9-17)7-15-13/h6-7,11,17H,2-5,8-9H2,1H3. The first-order valence-electron chi connectivity index (χ1n) is 6.36. The van der Waals surface area contributed by atoms with Crippen LogP contribution in [0, 0.1) is 0 Å². The van der Waals surface area contributed by atoms with E-state index in [0.717, 1.165) is 43.9 Å². The predicted octanol–water partition coefficient (Wildman–Crippen LogP) is 2.23. The van der Waals surface area contributed by atoms with Crippen molar-refractivity contribution in [2.24, 2.45) is 0 Å². The Kier molecular flexibility index (Phi) is 4.80. The zero-order valence-corrected chi connectivity index (χ0v) is 11.4. The highest BCUT2D eigenvalue weighted by atomic mass is 35.5. The summed E-state index contributed by atoms with van der Waals surface area (Å²) in [4.78, 5) is 6.47. The average Bonchev–Trinajstić information content (AvgIpc) is 2.89. The fraction of sp³-hybridized carbons (Fsp3) is 0.615. The first-order chi connectivity index (χ1) is 8.74. The van der Waals surface area contributed by atoms with Gasteiger partial charge < -0.3 is 14.7 Å². The molecule has 5 heteroatoms. The lowest BCUT2D eigenvalue weighted by atomic mass is 10.2. The average molecular weight is 271 g/mol. The second-order valence-electron chi connectivity index (χ2n) is 4.48. The fourth-order valence-corrected chi connectivity index (χ4v) is 2.50. The zero-order valence-electron chi connectivity index (χ0n) is 10.6. The molecule has 1 unspecified atom stereocenters. The van der Waals surface area contributed by atoms with Gasteiger partial charge in [0.2, 0.25) is 0 Å². The van der Waals surface area contributed by atoms with E-state index in [4.69, 9.17) is 21.4 Å². The van der Waals surface area contributed by atoms with Gasteiger partial charge in [-0.2, -0.15) is 0 Å². The van der Waals surface area contributed by atoms with E-state index in [1.54, 1.807) is 12.3 Å². The lowest BCUT2D eigenvalue weighted by molar-refractivity contribution is 0.115. The molecule has 0 amide bonds. The normalized spacial score (nSPS) is 19.2. The van der Waals surface area contributed by atoms with Gasteiger partial charge in [0, 0.05) is 25.9 Å². The molecule has 1 saturated heterocycles. The smallest absolute Gasteiger partial charge is 0.147 e. The minimum atomic E-state index is -0.0368. The number of likely N-dealkylation sites (N-methyl/N-ethyl adjacent to an activating group) is 1. The monoisotopic (exact) mass is 270 g/mol. The Balaban J connectivity index is 2.10. The van der Waals surface area contributed by atoms with E-state index in [9.17, 15) is 0 Å². The number of anilines is 1. The first-order valence-corrected chi connectivity index (χ1v) is 6.74. The highest BCUT2D eigenvalue weighted by molar-refractivity contribution is 6.33. The summed E-state index contributed by atoms with van der Waals surface area (Å²) >= 11 is 6.21. The fourth-order valence-electron chi connectivity index (χ4n) is 2.19. The molecule has 0 bridgehead atoms. The molecular weight excluding hydrogens is 252 g/mol. The second-order valence-corrected chi connectivity index (χ2v) is 4.89. The molecule has 1 fully saturated rings. The van der Waals surface area contributed by atoms with Gasteiger partial charge in [-0.3, -0.25) is 0 Å². The van der Waals surface area contributed by atoms with E-state index in [-0.39, 0.29) is 12.7 Å². The summed E-state index contributed by atoms with van der Waals surface area (Å²) in [6, 6.07) is 1.77. The Bertz CT molecular complexity index is 395. The molecule has 100 valence electrons. The van der Waals surface area contributed by atoms with Crippen LogP contribution in [0.4, 0.5) is 5.82 Å². The van der Waals surface area contributed by atoms with Gasteiger partial charge in [0.15, 0.2) is 0 Å². The Labute approximate surface area is 113 Å². The van der Waals surface area contributed by atoms with Crippen molar-refractivity contribution in [2.45, 2.75) is 32.5 Å². The number of hydrogen-bond acceptors (Lipinski definition) is 4. The van der Waals surface area contributed by atoms with E-state index in [1.165, 1.54) is 0 Å². The number of aliphatic hydroxyl groups excluding tert-OH is 1. The second kappa shape index (κ2) is 6.36. The van der Waals surface area contributed by atoms with Crippen molar-refractivity contribution in [3.05, 3.63) is 22.8 Å². The summed E-state index contributed by atoms with van der Waals surface area (Å²) in [5.74, 6) is 0.770. The zero-order chi connectivity index (χ0) is 13.0. The van der Waals surface area contributed by atoms with Crippen LogP contribution in [0.5, 0.6) is 0 Å². The summed E-state index contributed by atoms with van der Waals surface area (Å²) in [6.45, 7) is 4.55. The van der Waals surface area contributed by atoms with Crippen LogP contribution in [0.1, 0.15) is 25.3 Å². The molecule has 2 rings (SSSR count). The van der Waals surface area contributed by atoms with E-state index >= 15 is 0 Å². The maximum absolute atomic E-state index is 9.05. The summed E-state index contributed by atoms with van der Waals surface area (Å²) in [5.41, 5.74) is 0.733. The minimum absolute atomic E-state index is 0.0368. The molecule has 1 N–H and O–H groups in total. The third-order valence-electron chi connectivity index (χ3n) is 3.19. The number of hydrogen-bond donors (Lipinski definition) is 1. The summed E-state index contributed by atoms with van der Waals surface area (Å²) in [7, 11) is 0. The molecule has 1 aliphatic rings. The lowest BCUT2D eigenvalue weighted by Crippen LogP contribution is -2.32. The molecule has 18 heavy (non-hydrogen) atoms. The highest BCUT2D eigenvalue weighted by Gasteiger charge is 2.20. The SMILES string of the molecule is CCN(CC1CCCO1)c1ncc(CO)cc1Cl. The number of pyridine rings is 1. The Hall–Kier alpha value is -0.840. The van der Waals surface area contributed by atoms with Gasteiger partial charge in [0.25, 0.3) is 0 Å². The van der Waals surface area contributed by atoms with E-state index < -0.39 is 0 Å². The predicted molar refractivity (Wildman–Crippen MR) is 72.0 cm³/mol. The molecule has 1 atom stereocenters. The first kappa shape index (κ1) is 13.6. The van der Waals surface area contributed by atoms with Crippen LogP contribution in [0.3, 0.4) is 0 Å². The van der Waals surface area contributed by atoms with Crippen LogP contribution in [-0.2, 0) is 11.3 Å². The van der Waals surface area contributed by atoms with Crippen LogP contribution in [0.2, 0.25) is 5.02 Å². The molecule has 0 radical (unpaired) electrons. The van der Waals surface area contributed by atoms with Crippen LogP contribution < -0.4 is 4.90 Å². The van der Waals surface area contributed by atoms with Crippen molar-refractivity contribution in [1.29, 1.82) is 0 Å². The van der Waals surface area contributed by atoms with Gasteiger partial charge >= 0.3 is 0 Å². The molecule has 2 heterocycles. The Morgan fingerprint density at radius 3 is 3.00 bits per heavy atom. The molecule has 0 spiro atoms. The number of halogens is 1. The van der Waals surface area contributed by atoms with Gasteiger partial charge in [-0.15, -0.1) is 0 Å². The van der Waals surface area contributed by atoms with Crippen molar-refractivity contribution >= 4 is 17.4 Å². The quantitative estimate of drug-likeness (QED) is 0.891. The largest absolute Gasteiger partial charge is 0.392 e. The summed E-state index contributed by atoms with van der Waals surface area (Å²) in [5, 5.41) is 9.63. The van der Waals surface area contributed by atoms with Crippen molar-refractivity contribution in [2.75, 3.05) is 24.6 Å². The van der Waals surface area contributed by atoms with Crippen molar-refractivity contribution in [3.8, 4) is 0 Å². The van der Waals surface area contributed by atoms with Crippen LogP contribution in [0.25, 0.3) is 0 Å². The number of ether oxygens (including phenoxy) is 1. The molecular formula is C13H19ClN2O2. The van der Waals surface area contributed by atoms with E-state index in [1.807, 2.05) is 0 Å². The molecule has 0 aromatic carbocycles. The van der Waals surface area contributed by atoms with Crippen LogP contribution >= 0.6 is 11.6 Å². The Morgan fingerprint density at radius 1 is 1.61 bits per heavy atom. The maximum atomic E-state index is 9.05. The third-order valence-corrected chi connectivity index (χ3v) is 3.47. The highest BCUT2D eigenvalue weighted by Crippen LogP contribution is 2.25. The van der Waals surface area contributed by atoms with E-state index in [0.29, 0.717) is 5.02 Å². The number of aromatic nitrogens is 1. The van der Waals surface area contributed by atoms with Crippen LogP contribution in [0.15, 0.2) is 12.3 Å². The molecule has 1 aliphatic heterocycles. The van der Waals surface area contributed by atoms with Gasteiger partial charge in [-0.25, -0.2) is 4.98 Å². The van der Waals surface area contributed by atoms with Crippen LogP contribution in [-0.4, -0.2) is 35.9 Å². The minimum Gasteiger partial charge on any atom is -0.392 e. The number of aliphatic hydroxyl groups is 1. The molecule has 0 aliphatic carbocycles. The van der Waals surface area contributed by atoms with Gasteiger partial charge in [-0.1, -0.05) is 11.6 Å².